The van der Waals surface area contributed by atoms with Crippen molar-refractivity contribution in [3.8, 4) is 0 Å². The van der Waals surface area contributed by atoms with Crippen molar-refractivity contribution >= 4 is 10.0 Å². The Morgan fingerprint density at radius 3 is 2.41 bits per heavy atom. The molecule has 0 amide bonds. The Balaban J connectivity index is 1.47. The van der Waals surface area contributed by atoms with Gasteiger partial charge in [-0.25, -0.2) is 8.42 Å². The van der Waals surface area contributed by atoms with Gasteiger partial charge in [-0.05, 0) is 50.3 Å². The highest BCUT2D eigenvalue weighted by Gasteiger charge is 2.42. The number of hydrogen-bond donors (Lipinski definition) is 0. The van der Waals surface area contributed by atoms with Crippen LogP contribution in [-0.4, -0.2) is 58.1 Å². The number of hydrogen-bond acceptors (Lipinski definition) is 5. The number of rotatable bonds is 7. The molecule has 1 aliphatic heterocycles. The van der Waals surface area contributed by atoms with Gasteiger partial charge in [0, 0.05) is 51.7 Å². The Kier molecular flexibility index (Phi) is 4.82. The van der Waals surface area contributed by atoms with E-state index in [1.807, 2.05) is 31.5 Å². The molecule has 2 aliphatic rings. The van der Waals surface area contributed by atoms with Crippen LogP contribution in [0.2, 0.25) is 0 Å². The van der Waals surface area contributed by atoms with Gasteiger partial charge in [0.15, 0.2) is 0 Å². The van der Waals surface area contributed by atoms with Crippen molar-refractivity contribution in [3.05, 3.63) is 41.5 Å². The van der Waals surface area contributed by atoms with Crippen molar-refractivity contribution in [2.45, 2.75) is 44.2 Å². The van der Waals surface area contributed by atoms with E-state index in [2.05, 4.69) is 15.0 Å². The van der Waals surface area contributed by atoms with Crippen LogP contribution in [0, 0.1) is 19.8 Å². The summed E-state index contributed by atoms with van der Waals surface area (Å²) in [4.78, 5) is 6.90. The van der Waals surface area contributed by atoms with Crippen LogP contribution < -0.4 is 0 Å². The lowest BCUT2D eigenvalue weighted by Crippen LogP contribution is -2.61. The zero-order chi connectivity index (χ0) is 19.2. The Labute approximate surface area is 161 Å². The smallest absolute Gasteiger partial charge is 0.246 e. The first kappa shape index (κ1) is 18.6. The molecule has 8 heteroatoms. The van der Waals surface area contributed by atoms with Crippen molar-refractivity contribution in [3.63, 3.8) is 0 Å². The van der Waals surface area contributed by atoms with E-state index in [1.165, 1.54) is 18.4 Å². The van der Waals surface area contributed by atoms with E-state index in [0.717, 1.165) is 19.0 Å². The minimum absolute atomic E-state index is 0.269. The fourth-order valence-electron chi connectivity index (χ4n) is 3.80. The Morgan fingerprint density at radius 2 is 1.85 bits per heavy atom. The zero-order valence-corrected chi connectivity index (χ0v) is 17.0. The van der Waals surface area contributed by atoms with Crippen LogP contribution in [0.4, 0.5) is 0 Å². The number of aryl methyl sites for hydroxylation is 2. The molecule has 27 heavy (non-hydrogen) atoms. The average molecular weight is 390 g/mol. The number of nitrogens with zero attached hydrogens (tertiary/aromatic N) is 5. The quantitative estimate of drug-likeness (QED) is 0.721. The van der Waals surface area contributed by atoms with Crippen LogP contribution in [0.3, 0.4) is 0 Å². The summed E-state index contributed by atoms with van der Waals surface area (Å²) in [6, 6.07) is 4.34. The van der Waals surface area contributed by atoms with Crippen molar-refractivity contribution in [2.75, 3.05) is 19.6 Å². The monoisotopic (exact) mass is 389 g/mol. The highest BCUT2D eigenvalue weighted by Crippen LogP contribution is 2.34. The Hall–Kier alpha value is -1.77. The molecule has 4 rings (SSSR count). The summed E-state index contributed by atoms with van der Waals surface area (Å²) >= 11 is 0. The second-order valence-corrected chi connectivity index (χ2v) is 9.70. The normalized spacial score (nSPS) is 18.8. The van der Waals surface area contributed by atoms with Crippen LogP contribution in [0.15, 0.2) is 29.4 Å². The number of sulfonamides is 1. The second kappa shape index (κ2) is 7.00. The lowest BCUT2D eigenvalue weighted by Gasteiger charge is -2.44. The van der Waals surface area contributed by atoms with E-state index in [1.54, 1.807) is 23.0 Å². The molecular formula is C19H27N5O2S. The third-order valence-corrected chi connectivity index (χ3v) is 7.80. The fourth-order valence-corrected chi connectivity index (χ4v) is 5.71. The summed E-state index contributed by atoms with van der Waals surface area (Å²) in [6.45, 7) is 6.57. The van der Waals surface area contributed by atoms with Crippen molar-refractivity contribution in [1.29, 1.82) is 0 Å². The minimum atomic E-state index is -3.48. The molecule has 2 aromatic heterocycles. The SMILES string of the molecule is Cc1nn(C)c(C)c1S(=O)(=O)N1CC(N(Cc2ccncc2)CC2CC2)C1. The maximum Gasteiger partial charge on any atom is 0.246 e. The predicted octanol–water partition coefficient (Wildman–Crippen LogP) is 1.72. The van der Waals surface area contributed by atoms with Gasteiger partial charge in [-0.3, -0.25) is 14.6 Å². The van der Waals surface area contributed by atoms with Gasteiger partial charge in [-0.2, -0.15) is 9.40 Å². The lowest BCUT2D eigenvalue weighted by atomic mass is 10.1. The van der Waals surface area contributed by atoms with E-state index in [-0.39, 0.29) is 6.04 Å². The maximum absolute atomic E-state index is 13.1. The molecule has 0 radical (unpaired) electrons. The van der Waals surface area contributed by atoms with Gasteiger partial charge >= 0.3 is 0 Å². The fraction of sp³-hybridized carbons (Fsp3) is 0.579. The largest absolute Gasteiger partial charge is 0.293 e. The highest BCUT2D eigenvalue weighted by molar-refractivity contribution is 7.89. The molecule has 1 saturated carbocycles. The summed E-state index contributed by atoms with van der Waals surface area (Å²) in [5.74, 6) is 0.764. The molecule has 1 saturated heterocycles. The van der Waals surface area contributed by atoms with E-state index in [0.29, 0.717) is 29.4 Å². The van der Waals surface area contributed by atoms with Gasteiger partial charge < -0.3 is 0 Å². The summed E-state index contributed by atoms with van der Waals surface area (Å²) < 4.78 is 29.4. The average Bonchev–Trinajstić information content (AvgIpc) is 3.33. The molecular weight excluding hydrogens is 362 g/mol. The summed E-state index contributed by atoms with van der Waals surface area (Å²) in [5, 5.41) is 4.27. The van der Waals surface area contributed by atoms with Gasteiger partial charge in [-0.15, -0.1) is 0 Å². The van der Waals surface area contributed by atoms with Crippen molar-refractivity contribution in [2.24, 2.45) is 13.0 Å². The Morgan fingerprint density at radius 1 is 1.19 bits per heavy atom. The van der Waals surface area contributed by atoms with Gasteiger partial charge in [0.1, 0.15) is 4.90 Å². The first-order valence-corrected chi connectivity index (χ1v) is 10.9. The van der Waals surface area contributed by atoms with Crippen LogP contribution in [0.1, 0.15) is 29.8 Å². The van der Waals surface area contributed by atoms with Crippen molar-refractivity contribution in [1.82, 2.24) is 24.0 Å². The van der Waals surface area contributed by atoms with E-state index < -0.39 is 10.0 Å². The van der Waals surface area contributed by atoms with E-state index >= 15 is 0 Å². The molecule has 146 valence electrons. The first-order valence-electron chi connectivity index (χ1n) is 9.49. The lowest BCUT2D eigenvalue weighted by molar-refractivity contribution is 0.0771. The van der Waals surface area contributed by atoms with Gasteiger partial charge in [0.05, 0.1) is 11.4 Å². The van der Waals surface area contributed by atoms with E-state index in [9.17, 15) is 8.42 Å². The molecule has 2 aromatic rings. The van der Waals surface area contributed by atoms with Gasteiger partial charge in [0.2, 0.25) is 10.0 Å². The Bertz CT molecular complexity index is 915. The number of pyridine rings is 1. The molecule has 7 nitrogen and oxygen atoms in total. The summed E-state index contributed by atoms with van der Waals surface area (Å²) in [6.07, 6.45) is 6.21. The summed E-state index contributed by atoms with van der Waals surface area (Å²) in [7, 11) is -1.70. The van der Waals surface area contributed by atoms with E-state index in [4.69, 9.17) is 0 Å². The minimum Gasteiger partial charge on any atom is -0.293 e. The van der Waals surface area contributed by atoms with Crippen molar-refractivity contribution < 1.29 is 8.42 Å². The maximum atomic E-state index is 13.1. The van der Waals surface area contributed by atoms with Gasteiger partial charge in [-0.1, -0.05) is 0 Å². The third kappa shape index (κ3) is 3.66. The molecule has 2 fully saturated rings. The molecule has 0 unspecified atom stereocenters. The molecule has 0 bridgehead atoms. The predicted molar refractivity (Wildman–Crippen MR) is 103 cm³/mol. The molecule has 3 heterocycles. The van der Waals surface area contributed by atoms with Crippen LogP contribution in [0.25, 0.3) is 0 Å². The molecule has 0 atom stereocenters. The molecule has 0 N–H and O–H groups in total. The zero-order valence-electron chi connectivity index (χ0n) is 16.2. The van der Waals surface area contributed by atoms with Crippen LogP contribution in [0.5, 0.6) is 0 Å². The van der Waals surface area contributed by atoms with Gasteiger partial charge in [0.25, 0.3) is 0 Å². The molecule has 1 aliphatic carbocycles. The summed E-state index contributed by atoms with van der Waals surface area (Å²) in [5.41, 5.74) is 2.50. The molecule has 0 spiro atoms. The molecule has 0 aromatic carbocycles. The topological polar surface area (TPSA) is 71.3 Å². The highest BCUT2D eigenvalue weighted by atomic mass is 32.2. The first-order chi connectivity index (χ1) is 12.9. The number of aromatic nitrogens is 3. The second-order valence-electron chi connectivity index (χ2n) is 7.83. The third-order valence-electron chi connectivity index (χ3n) is 5.71. The van der Waals surface area contributed by atoms with Crippen LogP contribution in [-0.2, 0) is 23.6 Å². The van der Waals surface area contributed by atoms with Crippen LogP contribution >= 0.6 is 0 Å². The standard InChI is InChI=1S/C19H27N5O2S/c1-14-19(15(2)22(3)21-14)27(25,26)24-12-18(13-24)23(10-16-4-5-16)11-17-6-8-20-9-7-17/h6-9,16,18H,4-5,10-13H2,1-3H3.